The lowest BCUT2D eigenvalue weighted by atomic mass is 9.98. The van der Waals surface area contributed by atoms with Gasteiger partial charge in [-0.25, -0.2) is 8.78 Å². The normalized spacial score (nSPS) is 15.2. The van der Waals surface area contributed by atoms with Gasteiger partial charge in [0.05, 0.1) is 6.10 Å². The van der Waals surface area contributed by atoms with Gasteiger partial charge in [0.2, 0.25) is 0 Å². The fourth-order valence-electron chi connectivity index (χ4n) is 2.86. The van der Waals surface area contributed by atoms with Crippen molar-refractivity contribution in [3.63, 3.8) is 0 Å². The van der Waals surface area contributed by atoms with Gasteiger partial charge < -0.3 is 5.11 Å². The quantitative estimate of drug-likeness (QED) is 0.904. The molecule has 1 atom stereocenters. The van der Waals surface area contributed by atoms with Gasteiger partial charge in [-0.05, 0) is 54.2 Å². The lowest BCUT2D eigenvalue weighted by molar-refractivity contribution is 0.173. The van der Waals surface area contributed by atoms with E-state index >= 15 is 0 Å². The number of benzene rings is 2. The van der Waals surface area contributed by atoms with Crippen molar-refractivity contribution in [2.75, 3.05) is 0 Å². The highest BCUT2D eigenvalue weighted by atomic mass is 19.1. The zero-order chi connectivity index (χ0) is 14.1. The molecule has 0 aliphatic heterocycles. The molecule has 104 valence electrons. The summed E-state index contributed by atoms with van der Waals surface area (Å²) in [4.78, 5) is 0. The van der Waals surface area contributed by atoms with Gasteiger partial charge in [-0.15, -0.1) is 0 Å². The smallest absolute Gasteiger partial charge is 0.129 e. The highest BCUT2D eigenvalue weighted by Crippen LogP contribution is 2.26. The number of aliphatic hydroxyl groups excluding tert-OH is 1. The summed E-state index contributed by atoms with van der Waals surface area (Å²) in [7, 11) is 0. The molecule has 2 aromatic rings. The Kier molecular flexibility index (Phi) is 3.53. The zero-order valence-electron chi connectivity index (χ0n) is 11.1. The first kappa shape index (κ1) is 13.3. The van der Waals surface area contributed by atoms with Gasteiger partial charge in [-0.3, -0.25) is 0 Å². The van der Waals surface area contributed by atoms with Gasteiger partial charge in [0.25, 0.3) is 0 Å². The Balaban J connectivity index is 1.82. The van der Waals surface area contributed by atoms with Gasteiger partial charge >= 0.3 is 0 Å². The first-order valence-electron chi connectivity index (χ1n) is 6.87. The molecule has 3 heteroatoms. The molecule has 0 saturated heterocycles. The van der Waals surface area contributed by atoms with Crippen molar-refractivity contribution in [2.45, 2.75) is 31.8 Å². The molecule has 3 rings (SSSR count). The van der Waals surface area contributed by atoms with Crippen LogP contribution >= 0.6 is 0 Å². The molecule has 1 unspecified atom stereocenters. The Morgan fingerprint density at radius 3 is 2.65 bits per heavy atom. The number of halogens is 2. The average Bonchev–Trinajstić information content (AvgIpc) is 2.89. The van der Waals surface area contributed by atoms with Gasteiger partial charge in [-0.1, -0.05) is 18.2 Å². The molecule has 20 heavy (non-hydrogen) atoms. The van der Waals surface area contributed by atoms with Gasteiger partial charge in [0.15, 0.2) is 0 Å². The van der Waals surface area contributed by atoms with E-state index in [0.29, 0.717) is 6.42 Å². The van der Waals surface area contributed by atoms with Crippen molar-refractivity contribution in [2.24, 2.45) is 0 Å². The highest BCUT2D eigenvalue weighted by molar-refractivity contribution is 5.36. The lowest BCUT2D eigenvalue weighted by Gasteiger charge is -2.13. The molecule has 1 aliphatic rings. The molecule has 0 saturated carbocycles. The Morgan fingerprint density at radius 1 is 1.00 bits per heavy atom. The Bertz CT molecular complexity index is 637. The van der Waals surface area contributed by atoms with E-state index in [0.717, 1.165) is 36.6 Å². The van der Waals surface area contributed by atoms with Crippen molar-refractivity contribution in [3.8, 4) is 0 Å². The molecule has 2 aromatic carbocycles. The maximum absolute atomic E-state index is 13.6. The summed E-state index contributed by atoms with van der Waals surface area (Å²) in [6.45, 7) is 0. The largest absolute Gasteiger partial charge is 0.388 e. The molecule has 0 spiro atoms. The van der Waals surface area contributed by atoms with Crippen LogP contribution in [0.1, 0.15) is 34.8 Å². The van der Waals surface area contributed by atoms with Crippen molar-refractivity contribution < 1.29 is 13.9 Å². The summed E-state index contributed by atoms with van der Waals surface area (Å²) in [6.07, 6.45) is 2.61. The number of rotatable bonds is 3. The van der Waals surface area contributed by atoms with E-state index in [1.165, 1.54) is 17.5 Å². The third-order valence-electron chi connectivity index (χ3n) is 3.91. The molecule has 0 radical (unpaired) electrons. The van der Waals surface area contributed by atoms with Crippen molar-refractivity contribution in [3.05, 3.63) is 70.3 Å². The maximum atomic E-state index is 13.6. The number of fused-ring (bicyclic) bond motifs is 1. The molecule has 0 bridgehead atoms. The third-order valence-corrected chi connectivity index (χ3v) is 3.91. The summed E-state index contributed by atoms with van der Waals surface area (Å²) in [5.41, 5.74) is 3.65. The van der Waals surface area contributed by atoms with Crippen LogP contribution in [0.5, 0.6) is 0 Å². The molecule has 0 heterocycles. The van der Waals surface area contributed by atoms with Gasteiger partial charge in [0, 0.05) is 12.0 Å². The van der Waals surface area contributed by atoms with E-state index in [1.807, 2.05) is 6.07 Å². The van der Waals surface area contributed by atoms with Crippen LogP contribution in [0.15, 0.2) is 36.4 Å². The zero-order valence-corrected chi connectivity index (χ0v) is 11.1. The summed E-state index contributed by atoms with van der Waals surface area (Å²) in [6, 6.07) is 9.28. The third kappa shape index (κ3) is 2.59. The molecular weight excluding hydrogens is 258 g/mol. The summed E-state index contributed by atoms with van der Waals surface area (Å²) in [5.74, 6) is -1.10. The summed E-state index contributed by atoms with van der Waals surface area (Å²) in [5, 5.41) is 10.1. The second kappa shape index (κ2) is 5.33. The van der Waals surface area contributed by atoms with Crippen LogP contribution < -0.4 is 0 Å². The second-order valence-electron chi connectivity index (χ2n) is 5.34. The van der Waals surface area contributed by atoms with Crippen LogP contribution in [0.25, 0.3) is 0 Å². The maximum Gasteiger partial charge on any atom is 0.129 e. The number of hydrogen-bond acceptors (Lipinski definition) is 1. The van der Waals surface area contributed by atoms with E-state index in [1.54, 1.807) is 0 Å². The van der Waals surface area contributed by atoms with Crippen molar-refractivity contribution in [1.29, 1.82) is 0 Å². The fourth-order valence-corrected chi connectivity index (χ4v) is 2.86. The van der Waals surface area contributed by atoms with Crippen LogP contribution in [0.4, 0.5) is 8.78 Å². The van der Waals surface area contributed by atoms with Crippen LogP contribution in [0.3, 0.4) is 0 Å². The predicted molar refractivity (Wildman–Crippen MR) is 73.5 cm³/mol. The van der Waals surface area contributed by atoms with Crippen LogP contribution in [0, 0.1) is 11.6 Å². The molecule has 1 aliphatic carbocycles. The van der Waals surface area contributed by atoms with Crippen molar-refractivity contribution in [1.82, 2.24) is 0 Å². The predicted octanol–water partition coefficient (Wildman–Crippen LogP) is 3.73. The summed E-state index contributed by atoms with van der Waals surface area (Å²) >= 11 is 0. The lowest BCUT2D eigenvalue weighted by Crippen LogP contribution is -2.05. The van der Waals surface area contributed by atoms with E-state index < -0.39 is 17.7 Å². The van der Waals surface area contributed by atoms with E-state index in [9.17, 15) is 13.9 Å². The fraction of sp³-hybridized carbons (Fsp3) is 0.294. The highest BCUT2D eigenvalue weighted by Gasteiger charge is 2.16. The minimum absolute atomic E-state index is 0.0190. The van der Waals surface area contributed by atoms with Gasteiger partial charge in [-0.2, -0.15) is 0 Å². The average molecular weight is 274 g/mol. The van der Waals surface area contributed by atoms with Gasteiger partial charge in [0.1, 0.15) is 11.6 Å². The molecule has 0 aromatic heterocycles. The molecule has 1 N–H and O–H groups in total. The van der Waals surface area contributed by atoms with Crippen LogP contribution in [-0.4, -0.2) is 5.11 Å². The van der Waals surface area contributed by atoms with E-state index in [-0.39, 0.29) is 5.56 Å². The monoisotopic (exact) mass is 274 g/mol. The Hall–Kier alpha value is -1.74. The van der Waals surface area contributed by atoms with Crippen molar-refractivity contribution >= 4 is 0 Å². The second-order valence-corrected chi connectivity index (χ2v) is 5.34. The standard InChI is InChI=1S/C17H16F2O/c18-14-6-7-16(19)15(10-14)17(20)9-11-4-5-12-2-1-3-13(12)8-11/h4-8,10,17,20H,1-3,9H2. The number of aliphatic hydroxyl groups is 1. The number of hydrogen-bond donors (Lipinski definition) is 1. The Morgan fingerprint density at radius 2 is 1.80 bits per heavy atom. The molecule has 0 amide bonds. The van der Waals surface area contributed by atoms with Crippen LogP contribution in [-0.2, 0) is 19.3 Å². The topological polar surface area (TPSA) is 20.2 Å². The minimum Gasteiger partial charge on any atom is -0.388 e. The molecule has 0 fully saturated rings. The Labute approximate surface area is 116 Å². The van der Waals surface area contributed by atoms with Crippen LogP contribution in [0.2, 0.25) is 0 Å². The molecular formula is C17H16F2O. The first-order chi connectivity index (χ1) is 9.63. The van der Waals surface area contributed by atoms with E-state index in [2.05, 4.69) is 12.1 Å². The molecule has 1 nitrogen and oxygen atoms in total. The number of aryl methyl sites for hydroxylation is 2. The van der Waals surface area contributed by atoms with E-state index in [4.69, 9.17) is 0 Å². The minimum atomic E-state index is -1.02. The summed E-state index contributed by atoms with van der Waals surface area (Å²) < 4.78 is 26.8. The first-order valence-corrected chi connectivity index (χ1v) is 6.87. The SMILES string of the molecule is OC(Cc1ccc2c(c1)CCC2)c1cc(F)ccc1F.